The Morgan fingerprint density at radius 3 is 2.75 bits per heavy atom. The van der Waals surface area contributed by atoms with Gasteiger partial charge in [0.2, 0.25) is 0 Å². The van der Waals surface area contributed by atoms with Gasteiger partial charge in [0.1, 0.15) is 5.15 Å². The maximum absolute atomic E-state index is 6.23. The zero-order chi connectivity index (χ0) is 14.9. The molecule has 20 heavy (non-hydrogen) atoms. The summed E-state index contributed by atoms with van der Waals surface area (Å²) in [5.41, 5.74) is 2.81. The van der Waals surface area contributed by atoms with Gasteiger partial charge in [0.25, 0.3) is 0 Å². The zero-order valence-electron chi connectivity index (χ0n) is 12.7. The number of hydrogen-bond donors (Lipinski definition) is 1. The van der Waals surface area contributed by atoms with Crippen molar-refractivity contribution in [2.45, 2.75) is 33.2 Å². The lowest BCUT2D eigenvalue weighted by Gasteiger charge is -2.18. The van der Waals surface area contributed by atoms with Crippen molar-refractivity contribution in [3.05, 3.63) is 28.6 Å². The van der Waals surface area contributed by atoms with Crippen molar-refractivity contribution in [2.75, 3.05) is 6.54 Å². The second-order valence-electron chi connectivity index (χ2n) is 5.98. The standard InChI is InChI=1S/C15H21ClN4/c1-10-12-9-11(7-6-8-17-15(2,3)4)13(16)18-14(12)20(5)19-10/h6-7,9,17H,8H2,1-5H3. The van der Waals surface area contributed by atoms with E-state index in [9.17, 15) is 0 Å². The fraction of sp³-hybridized carbons (Fsp3) is 0.467. The number of rotatable bonds is 3. The third-order valence-corrected chi connectivity index (χ3v) is 3.33. The van der Waals surface area contributed by atoms with E-state index in [0.717, 1.165) is 28.8 Å². The molecule has 0 saturated heterocycles. The lowest BCUT2D eigenvalue weighted by atomic mass is 10.1. The highest BCUT2D eigenvalue weighted by atomic mass is 35.5. The van der Waals surface area contributed by atoms with Gasteiger partial charge in [-0.3, -0.25) is 4.68 Å². The average molecular weight is 293 g/mol. The lowest BCUT2D eigenvalue weighted by molar-refractivity contribution is 0.450. The molecule has 1 N–H and O–H groups in total. The minimum atomic E-state index is 0.107. The molecule has 5 heteroatoms. The van der Waals surface area contributed by atoms with Gasteiger partial charge in [0, 0.05) is 30.1 Å². The molecule has 0 atom stereocenters. The molecule has 4 nitrogen and oxygen atoms in total. The molecule has 2 heterocycles. The van der Waals surface area contributed by atoms with Crippen LogP contribution in [-0.2, 0) is 7.05 Å². The molecule has 108 valence electrons. The number of aryl methyl sites for hydroxylation is 2. The largest absolute Gasteiger partial charge is 0.309 e. The molecule has 0 spiro atoms. The molecule has 0 aromatic carbocycles. The minimum Gasteiger partial charge on any atom is -0.309 e. The van der Waals surface area contributed by atoms with E-state index in [1.807, 2.05) is 26.1 Å². The Kier molecular flexibility index (Phi) is 4.16. The van der Waals surface area contributed by atoms with Crippen LogP contribution < -0.4 is 5.32 Å². The number of nitrogens with one attached hydrogen (secondary N) is 1. The summed E-state index contributed by atoms with van der Waals surface area (Å²) in [6.45, 7) is 9.19. The third kappa shape index (κ3) is 3.38. The van der Waals surface area contributed by atoms with Crippen molar-refractivity contribution < 1.29 is 0 Å². The molecule has 0 aliphatic rings. The monoisotopic (exact) mass is 292 g/mol. The Morgan fingerprint density at radius 2 is 2.10 bits per heavy atom. The Labute approximate surface area is 124 Å². The van der Waals surface area contributed by atoms with E-state index < -0.39 is 0 Å². The summed E-state index contributed by atoms with van der Waals surface area (Å²) in [5, 5.41) is 9.31. The van der Waals surface area contributed by atoms with E-state index in [2.05, 4.69) is 42.2 Å². The van der Waals surface area contributed by atoms with Crippen LogP contribution in [0.4, 0.5) is 0 Å². The summed E-state index contributed by atoms with van der Waals surface area (Å²) in [6.07, 6.45) is 4.06. The Morgan fingerprint density at radius 1 is 1.40 bits per heavy atom. The fourth-order valence-corrected chi connectivity index (χ4v) is 2.20. The maximum atomic E-state index is 6.23. The highest BCUT2D eigenvalue weighted by Gasteiger charge is 2.10. The van der Waals surface area contributed by atoms with Gasteiger partial charge in [-0.25, -0.2) is 4.98 Å². The van der Waals surface area contributed by atoms with Crippen LogP contribution in [0, 0.1) is 6.92 Å². The van der Waals surface area contributed by atoms with Crippen LogP contribution in [0.25, 0.3) is 17.1 Å². The van der Waals surface area contributed by atoms with E-state index >= 15 is 0 Å². The molecular weight excluding hydrogens is 272 g/mol. The number of halogens is 1. The topological polar surface area (TPSA) is 42.7 Å². The molecule has 0 radical (unpaired) electrons. The van der Waals surface area contributed by atoms with Gasteiger partial charge < -0.3 is 5.32 Å². The third-order valence-electron chi connectivity index (χ3n) is 3.03. The predicted molar refractivity (Wildman–Crippen MR) is 85.0 cm³/mol. The Balaban J connectivity index is 2.24. The normalized spacial score (nSPS) is 12.7. The van der Waals surface area contributed by atoms with E-state index in [-0.39, 0.29) is 5.54 Å². The second kappa shape index (κ2) is 5.54. The van der Waals surface area contributed by atoms with Crippen LogP contribution in [0.1, 0.15) is 32.0 Å². The average Bonchev–Trinajstić information content (AvgIpc) is 2.59. The molecule has 2 aromatic heterocycles. The molecule has 0 aliphatic heterocycles. The van der Waals surface area contributed by atoms with Crippen LogP contribution in [0.15, 0.2) is 12.1 Å². The zero-order valence-corrected chi connectivity index (χ0v) is 13.4. The smallest absolute Gasteiger partial charge is 0.159 e. The van der Waals surface area contributed by atoms with Crippen molar-refractivity contribution >= 4 is 28.7 Å². The predicted octanol–water partition coefficient (Wildman–Crippen LogP) is 3.33. The molecule has 0 saturated carbocycles. The van der Waals surface area contributed by atoms with Gasteiger partial charge in [0.05, 0.1) is 5.69 Å². The molecule has 0 bridgehead atoms. The first-order valence-electron chi connectivity index (χ1n) is 6.69. The first-order valence-corrected chi connectivity index (χ1v) is 7.07. The number of hydrogen-bond acceptors (Lipinski definition) is 3. The first-order chi connectivity index (χ1) is 9.28. The van der Waals surface area contributed by atoms with E-state index in [1.54, 1.807) is 4.68 Å². The number of nitrogens with zero attached hydrogens (tertiary/aromatic N) is 3. The van der Waals surface area contributed by atoms with Crippen LogP contribution in [0.5, 0.6) is 0 Å². The number of fused-ring (bicyclic) bond motifs is 1. The summed E-state index contributed by atoms with van der Waals surface area (Å²) in [5.74, 6) is 0. The highest BCUT2D eigenvalue weighted by Crippen LogP contribution is 2.23. The van der Waals surface area contributed by atoms with Crippen LogP contribution in [0.3, 0.4) is 0 Å². The minimum absolute atomic E-state index is 0.107. The highest BCUT2D eigenvalue weighted by molar-refractivity contribution is 6.31. The quantitative estimate of drug-likeness (QED) is 0.883. The van der Waals surface area contributed by atoms with Crippen LogP contribution in [-0.4, -0.2) is 26.8 Å². The number of pyridine rings is 1. The molecular formula is C15H21ClN4. The summed E-state index contributed by atoms with van der Waals surface area (Å²) in [6, 6.07) is 2.04. The van der Waals surface area contributed by atoms with Crippen molar-refractivity contribution in [1.29, 1.82) is 0 Å². The van der Waals surface area contributed by atoms with Crippen LogP contribution >= 0.6 is 11.6 Å². The van der Waals surface area contributed by atoms with Gasteiger partial charge in [0.15, 0.2) is 5.65 Å². The Bertz CT molecular complexity index is 650. The second-order valence-corrected chi connectivity index (χ2v) is 6.34. The van der Waals surface area contributed by atoms with Crippen molar-refractivity contribution in [1.82, 2.24) is 20.1 Å². The fourth-order valence-electron chi connectivity index (χ4n) is 2.00. The van der Waals surface area contributed by atoms with Gasteiger partial charge >= 0.3 is 0 Å². The molecule has 0 fully saturated rings. The summed E-state index contributed by atoms with van der Waals surface area (Å²) in [7, 11) is 1.88. The van der Waals surface area contributed by atoms with Gasteiger partial charge in [-0.05, 0) is 33.8 Å². The van der Waals surface area contributed by atoms with E-state index in [1.165, 1.54) is 0 Å². The van der Waals surface area contributed by atoms with Gasteiger partial charge in [-0.2, -0.15) is 5.10 Å². The SMILES string of the molecule is Cc1nn(C)c2nc(Cl)c(C=CCNC(C)(C)C)cc12. The maximum Gasteiger partial charge on any atom is 0.159 e. The first kappa shape index (κ1) is 15.0. The molecule has 0 unspecified atom stereocenters. The van der Waals surface area contributed by atoms with Crippen LogP contribution in [0.2, 0.25) is 5.15 Å². The summed E-state index contributed by atoms with van der Waals surface area (Å²) >= 11 is 6.23. The van der Waals surface area contributed by atoms with Gasteiger partial charge in [-0.1, -0.05) is 23.8 Å². The van der Waals surface area contributed by atoms with Crippen molar-refractivity contribution in [3.8, 4) is 0 Å². The molecule has 2 rings (SSSR count). The molecule has 2 aromatic rings. The summed E-state index contributed by atoms with van der Waals surface area (Å²) < 4.78 is 1.76. The molecule has 0 amide bonds. The lowest BCUT2D eigenvalue weighted by Crippen LogP contribution is -2.35. The van der Waals surface area contributed by atoms with Crippen molar-refractivity contribution in [3.63, 3.8) is 0 Å². The molecule has 0 aliphatic carbocycles. The summed E-state index contributed by atoms with van der Waals surface area (Å²) in [4.78, 5) is 4.42. The van der Waals surface area contributed by atoms with E-state index in [4.69, 9.17) is 11.6 Å². The van der Waals surface area contributed by atoms with Gasteiger partial charge in [-0.15, -0.1) is 0 Å². The Hall–Kier alpha value is -1.39. The number of aromatic nitrogens is 3. The van der Waals surface area contributed by atoms with Crippen molar-refractivity contribution in [2.24, 2.45) is 7.05 Å². The van der Waals surface area contributed by atoms with E-state index in [0.29, 0.717) is 5.15 Å².